The normalized spacial score (nSPS) is 16.5. The Morgan fingerprint density at radius 1 is 0.891 bits per heavy atom. The van der Waals surface area contributed by atoms with Crippen LogP contribution in [0, 0.1) is 12.8 Å². The number of carbonyl (C=O) groups excluding carboxylic acids is 3. The summed E-state index contributed by atoms with van der Waals surface area (Å²) < 4.78 is 12.8. The zero-order valence-corrected chi connectivity index (χ0v) is 34.7. The topological polar surface area (TPSA) is 110 Å². The molecular formula is C45H52NO7PSi. The molecule has 0 spiro atoms. The molecule has 1 unspecified atom stereocenters. The molecule has 4 aromatic rings. The lowest BCUT2D eigenvalue weighted by atomic mass is 9.79. The van der Waals surface area contributed by atoms with E-state index in [1.54, 1.807) is 30.0 Å². The van der Waals surface area contributed by atoms with Crippen LogP contribution in [-0.4, -0.2) is 66.1 Å². The summed E-state index contributed by atoms with van der Waals surface area (Å²) in [5.74, 6) is -2.91. The highest BCUT2D eigenvalue weighted by atomic mass is 31.2. The maximum absolute atomic E-state index is 15.1. The van der Waals surface area contributed by atoms with E-state index in [2.05, 4.69) is 40.4 Å². The summed E-state index contributed by atoms with van der Waals surface area (Å²) in [4.78, 5) is 57.4. The van der Waals surface area contributed by atoms with E-state index in [1.165, 1.54) is 6.08 Å². The zero-order chi connectivity index (χ0) is 40.1. The van der Waals surface area contributed by atoms with Gasteiger partial charge in [-0.1, -0.05) is 137 Å². The smallest absolute Gasteiger partial charge is 0.356 e. The number of rotatable bonds is 15. The average molecular weight is 778 g/mol. The molecule has 5 rings (SSSR count). The van der Waals surface area contributed by atoms with Crippen molar-refractivity contribution < 1.29 is 33.4 Å². The predicted octanol–water partition coefficient (Wildman–Crippen LogP) is 7.29. The molecule has 0 saturated carbocycles. The quantitative estimate of drug-likeness (QED) is 0.0338. The Hall–Kier alpha value is -4.82. The molecule has 1 heterocycles. The summed E-state index contributed by atoms with van der Waals surface area (Å²) in [6.07, 6.45) is 0.669. The van der Waals surface area contributed by atoms with Gasteiger partial charge < -0.3 is 19.2 Å². The molecule has 55 heavy (non-hydrogen) atoms. The molecule has 0 aromatic heterocycles. The molecule has 10 heteroatoms. The van der Waals surface area contributed by atoms with Gasteiger partial charge in [0.1, 0.15) is 12.0 Å². The predicted molar refractivity (Wildman–Crippen MR) is 225 cm³/mol. The molecule has 288 valence electrons. The summed E-state index contributed by atoms with van der Waals surface area (Å²) in [5.41, 5.74) is 1.88. The van der Waals surface area contributed by atoms with Gasteiger partial charge in [-0.2, -0.15) is 0 Å². The number of likely N-dealkylation sites (tertiary alicyclic amines) is 1. The van der Waals surface area contributed by atoms with Crippen LogP contribution in [0.15, 0.2) is 122 Å². The minimum absolute atomic E-state index is 0.0807. The van der Waals surface area contributed by atoms with Crippen molar-refractivity contribution in [1.29, 1.82) is 0 Å². The number of β-lactam (4-membered cyclic amide) rings is 1. The van der Waals surface area contributed by atoms with Crippen LogP contribution < -0.4 is 15.9 Å². The Bertz CT molecular complexity index is 2010. The molecule has 1 aliphatic rings. The number of hydrogen-bond acceptors (Lipinski definition) is 6. The van der Waals surface area contributed by atoms with Crippen LogP contribution in [0.3, 0.4) is 0 Å². The van der Waals surface area contributed by atoms with Crippen LogP contribution in [0.2, 0.25) is 18.1 Å². The van der Waals surface area contributed by atoms with Gasteiger partial charge in [0.25, 0.3) is 0 Å². The Labute approximate surface area is 326 Å². The van der Waals surface area contributed by atoms with E-state index in [4.69, 9.17) is 9.16 Å². The lowest BCUT2D eigenvalue weighted by Crippen LogP contribution is -2.69. The monoisotopic (exact) mass is 777 g/mol. The van der Waals surface area contributed by atoms with Crippen LogP contribution in [0.25, 0.3) is 0 Å². The van der Waals surface area contributed by atoms with E-state index < -0.39 is 45.2 Å². The highest BCUT2D eigenvalue weighted by Gasteiger charge is 2.57. The summed E-state index contributed by atoms with van der Waals surface area (Å²) >= 11 is 0. The number of aryl methyl sites for hydroxylation is 1. The third-order valence-corrected chi connectivity index (χ3v) is 19.8. The number of ketones is 1. The second kappa shape index (κ2) is 16.9. The summed E-state index contributed by atoms with van der Waals surface area (Å²) in [6, 6.07) is 33.5. The summed E-state index contributed by atoms with van der Waals surface area (Å²) in [5, 5.41) is 11.8. The molecule has 1 N–H and O–H groups in total. The Kier molecular flexibility index (Phi) is 12.7. The Morgan fingerprint density at radius 2 is 1.40 bits per heavy atom. The molecule has 8 nitrogen and oxygen atoms in total. The minimum Gasteiger partial charge on any atom is -0.481 e. The molecule has 1 aliphatic heterocycles. The van der Waals surface area contributed by atoms with Gasteiger partial charge in [-0.05, 0) is 65.1 Å². The number of carboxylic acid groups (broad SMARTS) is 1. The second-order valence-corrected chi connectivity index (χ2v) is 23.7. The average Bonchev–Trinajstić information content (AvgIpc) is 3.14. The number of nitrogens with zero attached hydrogens (tertiary/aromatic N) is 1. The summed E-state index contributed by atoms with van der Waals surface area (Å²) in [6.45, 7) is 14.8. The SMILES string of the molecule is C=CCOC(=O)C(N1C(=O)[C@H](C(C)O[Si](C)(C)C(C)(C)C)[C@H]1CC(=O)c1ccc(CC(=O)O)c(C)c1)=P(c1ccccc1)(c1ccccc1)c1ccccc1. The van der Waals surface area contributed by atoms with Crippen LogP contribution in [-0.2, 0) is 30.0 Å². The summed E-state index contributed by atoms with van der Waals surface area (Å²) in [7, 11) is -2.39. The second-order valence-electron chi connectivity index (χ2n) is 15.6. The van der Waals surface area contributed by atoms with Gasteiger partial charge in [-0.3, -0.25) is 14.4 Å². The largest absolute Gasteiger partial charge is 0.481 e. The zero-order valence-electron chi connectivity index (χ0n) is 32.8. The molecular weight excluding hydrogens is 726 g/mol. The van der Waals surface area contributed by atoms with Gasteiger partial charge in [-0.25, -0.2) is 4.79 Å². The van der Waals surface area contributed by atoms with Gasteiger partial charge in [0.05, 0.1) is 24.5 Å². The number of esters is 1. The maximum Gasteiger partial charge on any atom is 0.356 e. The van der Waals surface area contributed by atoms with Crippen molar-refractivity contribution in [2.45, 2.75) is 77.7 Å². The lowest BCUT2D eigenvalue weighted by molar-refractivity contribution is -0.156. The van der Waals surface area contributed by atoms with Gasteiger partial charge in [0.15, 0.2) is 14.1 Å². The molecule has 1 saturated heterocycles. The van der Waals surface area contributed by atoms with Gasteiger partial charge in [-0.15, -0.1) is 0 Å². The van der Waals surface area contributed by atoms with E-state index in [-0.39, 0.29) is 41.6 Å². The lowest BCUT2D eigenvalue weighted by Gasteiger charge is -2.53. The number of hydrogen-bond donors (Lipinski definition) is 1. The van der Waals surface area contributed by atoms with E-state index in [1.807, 2.05) is 97.9 Å². The van der Waals surface area contributed by atoms with Gasteiger partial charge in [0.2, 0.25) is 5.91 Å². The van der Waals surface area contributed by atoms with E-state index in [0.29, 0.717) is 16.7 Å². The first kappa shape index (κ1) is 41.3. The number of ether oxygens (including phenoxy) is 1. The third kappa shape index (κ3) is 8.40. The van der Waals surface area contributed by atoms with E-state index in [9.17, 15) is 19.5 Å². The van der Waals surface area contributed by atoms with Crippen molar-refractivity contribution in [2.75, 3.05) is 6.61 Å². The third-order valence-electron chi connectivity index (χ3n) is 11.0. The van der Waals surface area contributed by atoms with Gasteiger partial charge >= 0.3 is 11.9 Å². The highest BCUT2D eigenvalue weighted by molar-refractivity contribution is 7.96. The van der Waals surface area contributed by atoms with Crippen LogP contribution in [0.4, 0.5) is 0 Å². The molecule has 3 atom stereocenters. The fourth-order valence-corrected chi connectivity index (χ4v) is 13.0. The van der Waals surface area contributed by atoms with Gasteiger partial charge in [0, 0.05) is 18.9 Å². The van der Waals surface area contributed by atoms with Crippen molar-refractivity contribution in [2.24, 2.45) is 5.92 Å². The number of Topliss-reactive ketones (excluding diaryl/α,β-unsaturated/α-hetero) is 1. The van der Waals surface area contributed by atoms with Crippen LogP contribution in [0.1, 0.15) is 55.6 Å². The number of amides is 1. The number of carbonyl (C=O) groups is 4. The molecule has 1 fully saturated rings. The van der Waals surface area contributed by atoms with E-state index in [0.717, 1.165) is 15.9 Å². The molecule has 0 aliphatic carbocycles. The minimum atomic E-state index is -3.21. The Balaban J connectivity index is 1.81. The molecule has 1 amide bonds. The first-order valence-corrected chi connectivity index (χ1v) is 23.3. The van der Waals surface area contributed by atoms with Crippen molar-refractivity contribution in [1.82, 2.24) is 4.90 Å². The number of aliphatic carboxylic acids is 1. The molecule has 4 aromatic carbocycles. The van der Waals surface area contributed by atoms with Crippen molar-refractivity contribution in [3.63, 3.8) is 0 Å². The van der Waals surface area contributed by atoms with Crippen molar-refractivity contribution in [3.05, 3.63) is 139 Å². The maximum atomic E-state index is 15.1. The van der Waals surface area contributed by atoms with E-state index >= 15 is 4.79 Å². The first-order chi connectivity index (χ1) is 26.0. The number of carboxylic acids is 1. The Morgan fingerprint density at radius 3 is 1.84 bits per heavy atom. The van der Waals surface area contributed by atoms with Crippen molar-refractivity contribution in [3.8, 4) is 0 Å². The van der Waals surface area contributed by atoms with Crippen LogP contribution in [0.5, 0.6) is 0 Å². The standard InChI is InChI=1S/C45H52NO7PSi/c1-9-27-52-44(51)43(54(35-19-13-10-14-20-35,36-21-15-11-16-22-36)37-23-17-12-18-24-37)46-38(41(42(46)50)32(3)53-55(7,8)45(4,5)6)30-39(47)34-26-25-33(29-40(48)49)31(2)28-34/h9-26,28,32,38,41H,1,27,29-30H2,2-8H3,(H,48,49)/t32?,38-,41-/m1/s1. The number of benzene rings is 4. The molecule has 0 radical (unpaired) electrons. The van der Waals surface area contributed by atoms with Crippen LogP contribution >= 0.6 is 6.89 Å². The highest BCUT2D eigenvalue weighted by Crippen LogP contribution is 2.50. The fourth-order valence-electron chi connectivity index (χ4n) is 7.18. The first-order valence-electron chi connectivity index (χ1n) is 18.6. The van der Waals surface area contributed by atoms with Crippen molar-refractivity contribution >= 4 is 60.2 Å². The fraction of sp³-hybridized carbons (Fsp3) is 0.311. The molecule has 0 bridgehead atoms.